The molecule has 2 aromatic carbocycles. The molecule has 5 rings (SSSR count). The first kappa shape index (κ1) is 22.4. The molecule has 0 atom stereocenters. The Balaban J connectivity index is 1.29. The summed E-state index contributed by atoms with van der Waals surface area (Å²) in [4.78, 5) is 14.5. The molecule has 3 aliphatic rings. The van der Waals surface area contributed by atoms with E-state index >= 15 is 0 Å². The van der Waals surface area contributed by atoms with Crippen LogP contribution in [0.25, 0.3) is 0 Å². The quantitative estimate of drug-likeness (QED) is 0.341. The average Bonchev–Trinajstić information content (AvgIpc) is 3.40. The predicted octanol–water partition coefficient (Wildman–Crippen LogP) is 1.95. The first-order valence-electron chi connectivity index (χ1n) is 11.8. The van der Waals surface area contributed by atoms with Crippen LogP contribution in [0.4, 0.5) is 11.4 Å². The van der Waals surface area contributed by atoms with Gasteiger partial charge in [-0.15, -0.1) is 5.53 Å². The van der Waals surface area contributed by atoms with Gasteiger partial charge in [-0.1, -0.05) is 6.07 Å². The van der Waals surface area contributed by atoms with E-state index in [4.69, 9.17) is 15.9 Å². The second-order valence-electron chi connectivity index (χ2n) is 8.85. The molecule has 2 fully saturated rings. The molecule has 0 unspecified atom stereocenters. The fraction of sp³-hybridized carbons (Fsp3) is 0.360. The molecule has 9 heteroatoms. The van der Waals surface area contributed by atoms with Crippen LogP contribution in [0.5, 0.6) is 0 Å². The zero-order valence-corrected chi connectivity index (χ0v) is 19.1. The Morgan fingerprint density at radius 2 is 1.79 bits per heavy atom. The summed E-state index contributed by atoms with van der Waals surface area (Å²) in [5.41, 5.74) is 17.4. The van der Waals surface area contributed by atoms with Gasteiger partial charge in [0, 0.05) is 29.9 Å². The fourth-order valence-electron chi connectivity index (χ4n) is 4.64. The van der Waals surface area contributed by atoms with Crippen molar-refractivity contribution in [1.82, 2.24) is 21.2 Å². The van der Waals surface area contributed by atoms with Crippen molar-refractivity contribution in [2.24, 2.45) is 0 Å². The zero-order valence-electron chi connectivity index (χ0n) is 19.1. The van der Waals surface area contributed by atoms with Gasteiger partial charge >= 0.3 is 0 Å². The number of nitrogens with two attached hydrogens (primary N) is 1. The largest absolute Gasteiger partial charge is 0.398 e. The molecule has 2 saturated heterocycles. The van der Waals surface area contributed by atoms with Gasteiger partial charge in [0.15, 0.2) is 0 Å². The maximum absolute atomic E-state index is 12.7. The topological polar surface area (TPSA) is 119 Å². The van der Waals surface area contributed by atoms with E-state index in [0.29, 0.717) is 54.9 Å². The summed E-state index contributed by atoms with van der Waals surface area (Å²) in [6, 6.07) is 13.5. The van der Waals surface area contributed by atoms with Crippen LogP contribution < -0.4 is 27.0 Å². The summed E-state index contributed by atoms with van der Waals surface area (Å²) >= 11 is 0. The number of morpholine rings is 1. The SMILES string of the molecule is N=C(C1=CN(c2ccc(C(=O)N3CCOCC3)cc2)NN1)c1cc(C2CCNCC2)ccc1N. The van der Waals surface area contributed by atoms with Crippen molar-refractivity contribution in [3.8, 4) is 0 Å². The van der Waals surface area contributed by atoms with E-state index in [-0.39, 0.29) is 5.91 Å². The monoisotopic (exact) mass is 461 g/mol. The molecule has 0 saturated carbocycles. The number of nitrogens with one attached hydrogen (secondary N) is 4. The van der Waals surface area contributed by atoms with Crippen LogP contribution in [0.3, 0.4) is 0 Å². The van der Waals surface area contributed by atoms with Crippen LogP contribution in [-0.2, 0) is 4.74 Å². The number of carbonyl (C=O) groups excluding carboxylic acids is 1. The third-order valence-corrected chi connectivity index (χ3v) is 6.69. The van der Waals surface area contributed by atoms with Crippen molar-refractivity contribution >= 4 is 23.0 Å². The highest BCUT2D eigenvalue weighted by Crippen LogP contribution is 2.29. The second kappa shape index (κ2) is 9.84. The molecule has 1 amide bonds. The molecular formula is C25H31N7O2. The van der Waals surface area contributed by atoms with Gasteiger partial charge in [0.2, 0.25) is 0 Å². The van der Waals surface area contributed by atoms with Crippen LogP contribution in [-0.4, -0.2) is 55.9 Å². The van der Waals surface area contributed by atoms with Crippen LogP contribution >= 0.6 is 0 Å². The molecule has 34 heavy (non-hydrogen) atoms. The molecule has 3 aliphatic heterocycles. The zero-order chi connectivity index (χ0) is 23.5. The van der Waals surface area contributed by atoms with Crippen LogP contribution in [0.15, 0.2) is 54.4 Å². The third-order valence-electron chi connectivity index (χ3n) is 6.69. The Bertz CT molecular complexity index is 1090. The predicted molar refractivity (Wildman–Crippen MR) is 133 cm³/mol. The Kier molecular flexibility index (Phi) is 6.48. The van der Waals surface area contributed by atoms with E-state index in [1.54, 1.807) is 5.01 Å². The van der Waals surface area contributed by atoms with Gasteiger partial charge in [-0.3, -0.25) is 20.6 Å². The molecule has 0 aliphatic carbocycles. The summed E-state index contributed by atoms with van der Waals surface area (Å²) in [5, 5.41) is 14.0. The van der Waals surface area contributed by atoms with Gasteiger partial charge in [-0.2, -0.15) is 0 Å². The number of piperidine rings is 1. The van der Waals surface area contributed by atoms with Crippen molar-refractivity contribution in [2.75, 3.05) is 50.1 Å². The van der Waals surface area contributed by atoms with Crippen molar-refractivity contribution in [1.29, 1.82) is 5.41 Å². The first-order chi connectivity index (χ1) is 16.6. The van der Waals surface area contributed by atoms with Crippen LogP contribution in [0.1, 0.15) is 40.2 Å². The van der Waals surface area contributed by atoms with E-state index < -0.39 is 0 Å². The Morgan fingerprint density at radius 1 is 1.06 bits per heavy atom. The van der Waals surface area contributed by atoms with Crippen molar-refractivity contribution in [3.05, 3.63) is 71.1 Å². The molecule has 0 spiro atoms. The van der Waals surface area contributed by atoms with E-state index in [9.17, 15) is 4.79 Å². The summed E-state index contributed by atoms with van der Waals surface area (Å²) in [6.07, 6.45) is 4.02. The number of hydrazine groups is 2. The summed E-state index contributed by atoms with van der Waals surface area (Å²) in [6.45, 7) is 4.44. The molecule has 9 nitrogen and oxygen atoms in total. The first-order valence-corrected chi connectivity index (χ1v) is 11.8. The number of benzene rings is 2. The summed E-state index contributed by atoms with van der Waals surface area (Å²) < 4.78 is 5.33. The standard InChI is InChI=1S/C25H31N7O2/c26-22-6-3-19(17-7-9-28-10-8-17)15-21(22)24(27)23-16-32(30-29-23)20-4-1-18(2-5-20)25(33)31-11-13-34-14-12-31/h1-6,15-17,27-30H,7-14,26H2. The van der Waals surface area contributed by atoms with Crippen molar-refractivity contribution < 1.29 is 9.53 Å². The molecule has 0 bridgehead atoms. The number of nitrogen functional groups attached to an aromatic ring is 1. The average molecular weight is 462 g/mol. The maximum Gasteiger partial charge on any atom is 0.254 e. The van der Waals surface area contributed by atoms with E-state index in [0.717, 1.165) is 37.2 Å². The number of ether oxygens (including phenoxy) is 1. The highest BCUT2D eigenvalue weighted by molar-refractivity contribution is 6.13. The molecule has 178 valence electrons. The minimum Gasteiger partial charge on any atom is -0.398 e. The lowest BCUT2D eigenvalue weighted by Gasteiger charge is -2.27. The van der Waals surface area contributed by atoms with Gasteiger partial charge in [-0.25, -0.2) is 0 Å². The summed E-state index contributed by atoms with van der Waals surface area (Å²) in [7, 11) is 0. The van der Waals surface area contributed by atoms with E-state index in [2.05, 4.69) is 28.4 Å². The number of rotatable bonds is 5. The lowest BCUT2D eigenvalue weighted by molar-refractivity contribution is 0.0303. The molecule has 0 radical (unpaired) electrons. The van der Waals surface area contributed by atoms with Gasteiger partial charge in [-0.05, 0) is 73.8 Å². The molecular weight excluding hydrogens is 430 g/mol. The number of allylic oxidation sites excluding steroid dienone is 1. The Hall–Kier alpha value is -3.40. The van der Waals surface area contributed by atoms with E-state index in [1.165, 1.54) is 5.56 Å². The minimum atomic E-state index is 0.0180. The lowest BCUT2D eigenvalue weighted by atomic mass is 9.88. The Labute approximate surface area is 199 Å². The van der Waals surface area contributed by atoms with Gasteiger partial charge in [0.1, 0.15) is 0 Å². The molecule has 3 heterocycles. The minimum absolute atomic E-state index is 0.0180. The number of anilines is 2. The highest BCUT2D eigenvalue weighted by Gasteiger charge is 2.23. The maximum atomic E-state index is 12.7. The van der Waals surface area contributed by atoms with Crippen LogP contribution in [0, 0.1) is 5.41 Å². The molecule has 0 aromatic heterocycles. The van der Waals surface area contributed by atoms with Gasteiger partial charge < -0.3 is 20.7 Å². The smallest absolute Gasteiger partial charge is 0.254 e. The fourth-order valence-corrected chi connectivity index (χ4v) is 4.64. The lowest BCUT2D eigenvalue weighted by Crippen LogP contribution is -2.40. The highest BCUT2D eigenvalue weighted by atomic mass is 16.5. The van der Waals surface area contributed by atoms with Gasteiger partial charge in [0.05, 0.1) is 36.5 Å². The van der Waals surface area contributed by atoms with E-state index in [1.807, 2.05) is 41.4 Å². The Morgan fingerprint density at radius 3 is 2.53 bits per heavy atom. The molecule has 6 N–H and O–H groups in total. The third kappa shape index (κ3) is 4.63. The normalized spacial score (nSPS) is 19.0. The van der Waals surface area contributed by atoms with Crippen molar-refractivity contribution in [2.45, 2.75) is 18.8 Å². The number of hydrogen-bond acceptors (Lipinski definition) is 8. The number of carbonyl (C=O) groups is 1. The number of nitrogens with zero attached hydrogens (tertiary/aromatic N) is 2. The van der Waals surface area contributed by atoms with Crippen molar-refractivity contribution in [3.63, 3.8) is 0 Å². The number of amides is 1. The molecule has 2 aromatic rings. The summed E-state index contributed by atoms with van der Waals surface area (Å²) in [5.74, 6) is 0.511. The second-order valence-corrected chi connectivity index (χ2v) is 8.85. The van der Waals surface area contributed by atoms with Crippen LogP contribution in [0.2, 0.25) is 0 Å². The number of hydrogen-bond donors (Lipinski definition) is 5. The van der Waals surface area contributed by atoms with Gasteiger partial charge in [0.25, 0.3) is 5.91 Å².